The summed E-state index contributed by atoms with van der Waals surface area (Å²) in [6.07, 6.45) is 2.79. The Balaban J connectivity index is 2.22. The molecule has 0 N–H and O–H groups in total. The highest BCUT2D eigenvalue weighted by atomic mass is 16.5. The standard InChI is InChI=1S/C20H33NO/c1-19(2,3)17-11-10-16(18(12-17)22-7)14-21(20(4,5)6)13-15-8-9-15/h10-12,15H,8-9,13-14H2,1-7H3. The van der Waals surface area contributed by atoms with E-state index in [9.17, 15) is 0 Å². The van der Waals surface area contributed by atoms with Crippen molar-refractivity contribution >= 4 is 0 Å². The van der Waals surface area contributed by atoms with Gasteiger partial charge in [-0.05, 0) is 56.6 Å². The second-order valence-electron chi connectivity index (χ2n) is 8.77. The van der Waals surface area contributed by atoms with Gasteiger partial charge < -0.3 is 4.74 Å². The molecule has 0 aliphatic heterocycles. The first-order valence-corrected chi connectivity index (χ1v) is 8.53. The summed E-state index contributed by atoms with van der Waals surface area (Å²) in [5.41, 5.74) is 2.98. The van der Waals surface area contributed by atoms with Crippen molar-refractivity contribution in [2.75, 3.05) is 13.7 Å². The number of hydrogen-bond donors (Lipinski definition) is 0. The number of hydrogen-bond acceptors (Lipinski definition) is 2. The Hall–Kier alpha value is -1.02. The van der Waals surface area contributed by atoms with E-state index in [4.69, 9.17) is 4.74 Å². The number of benzene rings is 1. The molecule has 2 heteroatoms. The fourth-order valence-electron chi connectivity index (χ4n) is 2.74. The number of ether oxygens (including phenoxy) is 1. The van der Waals surface area contributed by atoms with Crippen LogP contribution in [0.1, 0.15) is 65.5 Å². The van der Waals surface area contributed by atoms with Gasteiger partial charge in [0.2, 0.25) is 0 Å². The Morgan fingerprint density at radius 1 is 1.09 bits per heavy atom. The van der Waals surface area contributed by atoms with Gasteiger partial charge in [0, 0.05) is 24.2 Å². The first-order valence-electron chi connectivity index (χ1n) is 8.53. The summed E-state index contributed by atoms with van der Waals surface area (Å²) in [4.78, 5) is 2.60. The van der Waals surface area contributed by atoms with Gasteiger partial charge in [-0.2, -0.15) is 0 Å². The molecule has 0 spiro atoms. The van der Waals surface area contributed by atoms with Gasteiger partial charge in [-0.1, -0.05) is 32.9 Å². The maximum atomic E-state index is 5.69. The normalized spacial score (nSPS) is 16.2. The van der Waals surface area contributed by atoms with E-state index in [1.54, 1.807) is 7.11 Å². The van der Waals surface area contributed by atoms with Crippen LogP contribution in [-0.2, 0) is 12.0 Å². The van der Waals surface area contributed by atoms with Crippen molar-refractivity contribution in [3.8, 4) is 5.75 Å². The summed E-state index contributed by atoms with van der Waals surface area (Å²) in [7, 11) is 1.79. The lowest BCUT2D eigenvalue weighted by molar-refractivity contribution is 0.120. The van der Waals surface area contributed by atoms with E-state index in [1.165, 1.54) is 30.5 Å². The molecule has 0 amide bonds. The maximum Gasteiger partial charge on any atom is 0.123 e. The molecule has 0 bridgehead atoms. The summed E-state index contributed by atoms with van der Waals surface area (Å²) >= 11 is 0. The number of methoxy groups -OCH3 is 1. The zero-order chi connectivity index (χ0) is 16.5. The molecular weight excluding hydrogens is 270 g/mol. The van der Waals surface area contributed by atoms with Crippen LogP contribution in [0, 0.1) is 5.92 Å². The lowest BCUT2D eigenvalue weighted by Crippen LogP contribution is -2.42. The molecule has 0 aromatic heterocycles. The van der Waals surface area contributed by atoms with Crippen LogP contribution in [0.5, 0.6) is 5.75 Å². The van der Waals surface area contributed by atoms with Crippen LogP contribution in [0.3, 0.4) is 0 Å². The van der Waals surface area contributed by atoms with Crippen molar-refractivity contribution in [1.29, 1.82) is 0 Å². The van der Waals surface area contributed by atoms with Gasteiger partial charge in [-0.3, -0.25) is 4.90 Å². The molecule has 1 aliphatic rings. The molecule has 0 heterocycles. The molecule has 1 aromatic carbocycles. The molecular formula is C20H33NO. The quantitative estimate of drug-likeness (QED) is 0.758. The van der Waals surface area contributed by atoms with Crippen LogP contribution < -0.4 is 4.74 Å². The maximum absolute atomic E-state index is 5.69. The first kappa shape index (κ1) is 17.3. The Morgan fingerprint density at radius 2 is 1.73 bits per heavy atom. The number of rotatable bonds is 5. The molecule has 1 saturated carbocycles. The van der Waals surface area contributed by atoms with E-state index in [0.29, 0.717) is 0 Å². The third-order valence-electron chi connectivity index (χ3n) is 4.64. The average molecular weight is 303 g/mol. The van der Waals surface area contributed by atoms with Crippen molar-refractivity contribution < 1.29 is 4.74 Å². The molecule has 0 atom stereocenters. The minimum atomic E-state index is 0.156. The Bertz CT molecular complexity index is 503. The van der Waals surface area contributed by atoms with Crippen LogP contribution in [0.2, 0.25) is 0 Å². The van der Waals surface area contributed by atoms with Crippen molar-refractivity contribution in [3.05, 3.63) is 29.3 Å². The minimum absolute atomic E-state index is 0.156. The van der Waals surface area contributed by atoms with Crippen LogP contribution >= 0.6 is 0 Å². The van der Waals surface area contributed by atoms with Crippen molar-refractivity contribution in [1.82, 2.24) is 4.90 Å². The predicted molar refractivity (Wildman–Crippen MR) is 94.6 cm³/mol. The molecule has 2 rings (SSSR count). The van der Waals surface area contributed by atoms with E-state index in [-0.39, 0.29) is 11.0 Å². The van der Waals surface area contributed by atoms with E-state index < -0.39 is 0 Å². The third kappa shape index (κ3) is 4.49. The van der Waals surface area contributed by atoms with Crippen molar-refractivity contribution in [2.45, 2.75) is 71.9 Å². The fourth-order valence-corrected chi connectivity index (χ4v) is 2.74. The summed E-state index contributed by atoms with van der Waals surface area (Å²) in [5.74, 6) is 1.93. The Morgan fingerprint density at radius 3 is 2.18 bits per heavy atom. The fraction of sp³-hybridized carbons (Fsp3) is 0.700. The summed E-state index contributed by atoms with van der Waals surface area (Å²) < 4.78 is 5.69. The molecule has 2 nitrogen and oxygen atoms in total. The number of nitrogens with zero attached hydrogens (tertiary/aromatic N) is 1. The predicted octanol–water partition coefficient (Wildman–Crippen LogP) is 5.00. The SMILES string of the molecule is COc1cc(C(C)(C)C)ccc1CN(CC1CC1)C(C)(C)C. The molecule has 1 aliphatic carbocycles. The molecule has 22 heavy (non-hydrogen) atoms. The minimum Gasteiger partial charge on any atom is -0.496 e. The largest absolute Gasteiger partial charge is 0.496 e. The van der Waals surface area contributed by atoms with Gasteiger partial charge >= 0.3 is 0 Å². The van der Waals surface area contributed by atoms with Crippen LogP contribution in [-0.4, -0.2) is 24.1 Å². The topological polar surface area (TPSA) is 12.5 Å². The highest BCUT2D eigenvalue weighted by molar-refractivity contribution is 5.40. The Kier molecular flexibility index (Phi) is 4.91. The van der Waals surface area contributed by atoms with Gasteiger partial charge in [-0.25, -0.2) is 0 Å². The molecule has 0 unspecified atom stereocenters. The average Bonchev–Trinajstić information content (AvgIpc) is 3.20. The summed E-state index contributed by atoms with van der Waals surface area (Å²) in [6, 6.07) is 6.73. The highest BCUT2D eigenvalue weighted by Crippen LogP contribution is 2.34. The van der Waals surface area contributed by atoms with Gasteiger partial charge in [0.25, 0.3) is 0 Å². The molecule has 1 fully saturated rings. The third-order valence-corrected chi connectivity index (χ3v) is 4.64. The van der Waals surface area contributed by atoms with Gasteiger partial charge in [-0.15, -0.1) is 0 Å². The summed E-state index contributed by atoms with van der Waals surface area (Å²) in [6.45, 7) is 15.8. The van der Waals surface area contributed by atoms with E-state index >= 15 is 0 Å². The first-order chi connectivity index (χ1) is 10.1. The zero-order valence-corrected chi connectivity index (χ0v) is 15.5. The molecule has 124 valence electrons. The van der Waals surface area contributed by atoms with E-state index in [2.05, 4.69) is 64.6 Å². The zero-order valence-electron chi connectivity index (χ0n) is 15.5. The monoisotopic (exact) mass is 303 g/mol. The van der Waals surface area contributed by atoms with E-state index in [1.807, 2.05) is 0 Å². The lowest BCUT2D eigenvalue weighted by Gasteiger charge is -2.36. The smallest absolute Gasteiger partial charge is 0.123 e. The van der Waals surface area contributed by atoms with Crippen molar-refractivity contribution in [2.24, 2.45) is 5.92 Å². The summed E-state index contributed by atoms with van der Waals surface area (Å²) in [5, 5.41) is 0. The van der Waals surface area contributed by atoms with Gasteiger partial charge in [0.15, 0.2) is 0 Å². The molecule has 0 saturated heterocycles. The van der Waals surface area contributed by atoms with Crippen LogP contribution in [0.25, 0.3) is 0 Å². The second-order valence-corrected chi connectivity index (χ2v) is 8.77. The molecule has 1 aromatic rings. The van der Waals surface area contributed by atoms with Crippen molar-refractivity contribution in [3.63, 3.8) is 0 Å². The lowest BCUT2D eigenvalue weighted by atomic mass is 9.86. The highest BCUT2D eigenvalue weighted by Gasteiger charge is 2.30. The Labute approximate surface area is 136 Å². The van der Waals surface area contributed by atoms with E-state index in [0.717, 1.165) is 18.2 Å². The van der Waals surface area contributed by atoms with Crippen LogP contribution in [0.15, 0.2) is 18.2 Å². The van der Waals surface area contributed by atoms with Gasteiger partial charge in [0.1, 0.15) is 5.75 Å². The second kappa shape index (κ2) is 6.23. The van der Waals surface area contributed by atoms with Crippen LogP contribution in [0.4, 0.5) is 0 Å². The molecule has 0 radical (unpaired) electrons. The van der Waals surface area contributed by atoms with Gasteiger partial charge in [0.05, 0.1) is 7.11 Å².